The molecule has 1 heterocycles. The Kier molecular flexibility index (Phi) is 1.92. The van der Waals surface area contributed by atoms with Crippen molar-refractivity contribution < 1.29 is 13.0 Å². The van der Waals surface area contributed by atoms with Crippen LogP contribution in [0.2, 0.25) is 0 Å². The maximum atomic E-state index is 10.5. The van der Waals surface area contributed by atoms with E-state index in [0.717, 1.165) is 0 Å². The molecule has 1 aromatic heterocycles. The van der Waals surface area contributed by atoms with Crippen LogP contribution in [0.3, 0.4) is 0 Å². The fraction of sp³-hybridized carbons (Fsp3) is 0.167. The van der Waals surface area contributed by atoms with Crippen LogP contribution in [0.5, 0.6) is 0 Å². The normalized spacial score (nSPS) is 11.5. The Hall–Kier alpha value is -0.940. The van der Waals surface area contributed by atoms with Crippen LogP contribution in [0.4, 0.5) is 0 Å². The highest BCUT2D eigenvalue weighted by atomic mass is 32.2. The van der Waals surface area contributed by atoms with Crippen molar-refractivity contribution in [3.05, 3.63) is 24.0 Å². The van der Waals surface area contributed by atoms with Crippen LogP contribution in [-0.2, 0) is 10.1 Å². The molecule has 0 spiro atoms. The van der Waals surface area contributed by atoms with Crippen LogP contribution in [0.25, 0.3) is 0 Å². The quantitative estimate of drug-likeness (QED) is 0.571. The molecule has 11 heavy (non-hydrogen) atoms. The number of pyridine rings is 1. The molecule has 0 saturated heterocycles. The summed E-state index contributed by atoms with van der Waals surface area (Å²) < 4.78 is 31.4. The molecular formula is C6H6NO3S-. The zero-order valence-corrected chi connectivity index (χ0v) is 6.63. The van der Waals surface area contributed by atoms with Gasteiger partial charge < -0.3 is 4.55 Å². The van der Waals surface area contributed by atoms with Crippen molar-refractivity contribution in [1.29, 1.82) is 0 Å². The lowest BCUT2D eigenvalue weighted by Crippen LogP contribution is -2.01. The molecule has 5 heteroatoms. The lowest BCUT2D eigenvalue weighted by atomic mass is 10.4. The number of rotatable bonds is 1. The summed E-state index contributed by atoms with van der Waals surface area (Å²) in [7, 11) is -4.35. The molecule has 0 aromatic carbocycles. The van der Waals surface area contributed by atoms with E-state index in [1.54, 1.807) is 0 Å². The summed E-state index contributed by atoms with van der Waals surface area (Å²) in [4.78, 5) is 3.42. The summed E-state index contributed by atoms with van der Waals surface area (Å²) in [5.74, 6) is 0. The fourth-order valence-corrected chi connectivity index (χ4v) is 1.39. The van der Waals surface area contributed by atoms with E-state index in [-0.39, 0.29) is 10.6 Å². The first kappa shape index (κ1) is 8.16. The third-order valence-corrected chi connectivity index (χ3v) is 2.20. The molecule has 0 unspecified atom stereocenters. The third kappa shape index (κ3) is 1.75. The van der Waals surface area contributed by atoms with Gasteiger partial charge in [-0.25, -0.2) is 8.42 Å². The van der Waals surface area contributed by atoms with Crippen molar-refractivity contribution in [2.75, 3.05) is 0 Å². The molecule has 0 bridgehead atoms. The van der Waals surface area contributed by atoms with E-state index >= 15 is 0 Å². The Balaban J connectivity index is 3.37. The van der Waals surface area contributed by atoms with E-state index in [9.17, 15) is 13.0 Å². The van der Waals surface area contributed by atoms with Gasteiger partial charge in [-0.05, 0) is 19.1 Å². The summed E-state index contributed by atoms with van der Waals surface area (Å²) in [5.41, 5.74) is 0.238. The molecule has 1 aromatic rings. The molecular weight excluding hydrogens is 166 g/mol. The van der Waals surface area contributed by atoms with Gasteiger partial charge in [-0.3, -0.25) is 4.98 Å². The predicted octanol–water partition coefficient (Wildman–Crippen LogP) is 0.294. The van der Waals surface area contributed by atoms with Crippen molar-refractivity contribution >= 4 is 10.1 Å². The number of hydrogen-bond donors (Lipinski definition) is 0. The molecule has 0 N–H and O–H groups in total. The van der Waals surface area contributed by atoms with Crippen LogP contribution in [0.1, 0.15) is 5.69 Å². The van der Waals surface area contributed by atoms with Gasteiger partial charge in [0.2, 0.25) is 0 Å². The molecule has 0 fully saturated rings. The first-order chi connectivity index (χ1) is 5.02. The number of hydrogen-bond acceptors (Lipinski definition) is 4. The van der Waals surface area contributed by atoms with Crippen LogP contribution >= 0.6 is 0 Å². The van der Waals surface area contributed by atoms with Crippen LogP contribution < -0.4 is 0 Å². The number of nitrogens with zero attached hydrogens (tertiary/aromatic N) is 1. The smallest absolute Gasteiger partial charge is 0.126 e. The van der Waals surface area contributed by atoms with E-state index in [4.69, 9.17) is 0 Å². The largest absolute Gasteiger partial charge is 0.744 e. The summed E-state index contributed by atoms with van der Waals surface area (Å²) in [6.07, 6.45) is 1.43. The van der Waals surface area contributed by atoms with Crippen LogP contribution in [-0.4, -0.2) is 18.0 Å². The van der Waals surface area contributed by atoms with E-state index in [1.165, 1.54) is 25.3 Å². The molecule has 60 valence electrons. The van der Waals surface area contributed by atoms with Gasteiger partial charge in [0.15, 0.2) is 0 Å². The Morgan fingerprint density at radius 1 is 1.55 bits per heavy atom. The highest BCUT2D eigenvalue weighted by Crippen LogP contribution is 2.09. The van der Waals surface area contributed by atoms with Gasteiger partial charge in [0.05, 0.1) is 10.6 Å². The standard InChI is InChI=1S/C6H7NO3S/c1-5-6(11(8,9)10)3-2-4-7-5/h2-4H,1H3,(H,8,9,10)/p-1. The van der Waals surface area contributed by atoms with E-state index in [1.807, 2.05) is 0 Å². The lowest BCUT2D eigenvalue weighted by molar-refractivity contribution is 0.462. The van der Waals surface area contributed by atoms with Gasteiger partial charge in [-0.2, -0.15) is 0 Å². The first-order valence-corrected chi connectivity index (χ1v) is 4.30. The second-order valence-corrected chi connectivity index (χ2v) is 3.39. The third-order valence-electron chi connectivity index (χ3n) is 1.23. The minimum Gasteiger partial charge on any atom is -0.744 e. The molecule has 0 atom stereocenters. The van der Waals surface area contributed by atoms with Gasteiger partial charge in [0.25, 0.3) is 0 Å². The second-order valence-electron chi connectivity index (χ2n) is 2.04. The van der Waals surface area contributed by atoms with Gasteiger partial charge in [-0.15, -0.1) is 0 Å². The van der Waals surface area contributed by atoms with Crippen molar-refractivity contribution in [2.45, 2.75) is 11.8 Å². The zero-order valence-electron chi connectivity index (χ0n) is 5.81. The molecule has 1 rings (SSSR count). The average Bonchev–Trinajstić information content (AvgIpc) is 1.86. The molecule has 0 aliphatic rings. The molecule has 0 saturated carbocycles. The summed E-state index contributed by atoms with van der Waals surface area (Å²) >= 11 is 0. The average molecular weight is 172 g/mol. The Morgan fingerprint density at radius 2 is 2.18 bits per heavy atom. The molecule has 0 aliphatic carbocycles. The van der Waals surface area contributed by atoms with Crippen LogP contribution in [0, 0.1) is 6.92 Å². The Labute approximate surface area is 64.6 Å². The van der Waals surface area contributed by atoms with Gasteiger partial charge >= 0.3 is 0 Å². The predicted molar refractivity (Wildman–Crippen MR) is 36.9 cm³/mol. The Bertz CT molecular complexity index is 358. The van der Waals surface area contributed by atoms with E-state index in [2.05, 4.69) is 4.98 Å². The van der Waals surface area contributed by atoms with Crippen LogP contribution in [0.15, 0.2) is 23.2 Å². The summed E-state index contributed by atoms with van der Waals surface area (Å²) in [6.45, 7) is 1.48. The van der Waals surface area contributed by atoms with E-state index in [0.29, 0.717) is 0 Å². The Morgan fingerprint density at radius 3 is 2.55 bits per heavy atom. The minimum absolute atomic E-state index is 0.238. The highest BCUT2D eigenvalue weighted by molar-refractivity contribution is 7.85. The molecule has 0 amide bonds. The van der Waals surface area contributed by atoms with Crippen molar-refractivity contribution in [3.63, 3.8) is 0 Å². The van der Waals surface area contributed by atoms with Gasteiger partial charge in [-0.1, -0.05) is 0 Å². The summed E-state index contributed by atoms with van der Waals surface area (Å²) in [6, 6.07) is 2.66. The SMILES string of the molecule is Cc1ncccc1S(=O)(=O)[O-]. The number of aryl methyl sites for hydroxylation is 1. The second kappa shape index (κ2) is 2.60. The topological polar surface area (TPSA) is 70.1 Å². The molecule has 4 nitrogen and oxygen atoms in total. The fourth-order valence-electron chi connectivity index (χ4n) is 0.734. The van der Waals surface area contributed by atoms with Crippen molar-refractivity contribution in [2.24, 2.45) is 0 Å². The highest BCUT2D eigenvalue weighted by Gasteiger charge is 2.03. The lowest BCUT2D eigenvalue weighted by Gasteiger charge is -2.07. The molecule has 0 aliphatic heterocycles. The van der Waals surface area contributed by atoms with Crippen molar-refractivity contribution in [1.82, 2.24) is 4.98 Å². The zero-order chi connectivity index (χ0) is 8.48. The maximum absolute atomic E-state index is 10.5. The minimum atomic E-state index is -4.35. The van der Waals surface area contributed by atoms with E-state index < -0.39 is 10.1 Å². The molecule has 0 radical (unpaired) electrons. The van der Waals surface area contributed by atoms with Gasteiger partial charge in [0, 0.05) is 6.20 Å². The monoisotopic (exact) mass is 172 g/mol. The van der Waals surface area contributed by atoms with Crippen molar-refractivity contribution in [3.8, 4) is 0 Å². The van der Waals surface area contributed by atoms with Gasteiger partial charge in [0.1, 0.15) is 10.1 Å². The first-order valence-electron chi connectivity index (χ1n) is 2.89. The maximum Gasteiger partial charge on any atom is 0.126 e. The summed E-state index contributed by atoms with van der Waals surface area (Å²) in [5, 5.41) is 0. The number of aromatic nitrogens is 1.